The number of carbonyl (C=O) groups is 1. The zero-order valence-electron chi connectivity index (χ0n) is 12.0. The predicted molar refractivity (Wildman–Crippen MR) is 90.4 cm³/mol. The summed E-state index contributed by atoms with van der Waals surface area (Å²) in [5, 5.41) is 3.52. The van der Waals surface area contributed by atoms with E-state index in [2.05, 4.69) is 26.2 Å². The maximum Gasteiger partial charge on any atom is 0.250 e. The monoisotopic (exact) mass is 381 g/mol. The number of aryl methyl sites for hydroxylation is 3. The Kier molecular flexibility index (Phi) is 4.73. The average Bonchev–Trinajstić information content (AvgIpc) is 2.90. The fourth-order valence-electron chi connectivity index (χ4n) is 2.49. The molecule has 0 fully saturated rings. The van der Waals surface area contributed by atoms with Gasteiger partial charge in [0.2, 0.25) is 5.91 Å². The third-order valence-corrected chi connectivity index (χ3v) is 5.16. The van der Waals surface area contributed by atoms with Gasteiger partial charge in [0.1, 0.15) is 0 Å². The molecule has 7 heteroatoms. The second-order valence-corrected chi connectivity index (χ2v) is 7.27. The highest BCUT2D eigenvalue weighted by Crippen LogP contribution is 2.29. The van der Waals surface area contributed by atoms with Crippen LogP contribution in [0.5, 0.6) is 0 Å². The molecule has 0 atom stereocenters. The minimum Gasteiger partial charge on any atom is -0.314 e. The summed E-state index contributed by atoms with van der Waals surface area (Å²) in [6.07, 6.45) is 6.40. The van der Waals surface area contributed by atoms with Crippen LogP contribution in [0.25, 0.3) is 0 Å². The number of hydrogen-bond acceptors (Lipinski definition) is 4. The van der Waals surface area contributed by atoms with Crippen LogP contribution in [-0.2, 0) is 24.2 Å². The molecule has 0 bridgehead atoms. The second-order valence-electron chi connectivity index (χ2n) is 5.27. The lowest BCUT2D eigenvalue weighted by Gasteiger charge is -2.06. The van der Waals surface area contributed by atoms with Gasteiger partial charge >= 0.3 is 0 Å². The van der Waals surface area contributed by atoms with Crippen LogP contribution in [0.2, 0.25) is 0 Å². The van der Waals surface area contributed by atoms with Gasteiger partial charge in [-0.15, -0.1) is 11.3 Å². The van der Waals surface area contributed by atoms with Crippen molar-refractivity contribution >= 4 is 38.3 Å². The summed E-state index contributed by atoms with van der Waals surface area (Å²) in [5.74, 6) is -0.113. The zero-order valence-corrected chi connectivity index (χ0v) is 14.4. The molecule has 0 saturated heterocycles. The number of aromatic nitrogens is 2. The van der Waals surface area contributed by atoms with Crippen LogP contribution in [0.1, 0.15) is 29.8 Å². The van der Waals surface area contributed by atoms with Crippen molar-refractivity contribution in [2.24, 2.45) is 0 Å². The van der Waals surface area contributed by atoms with Crippen molar-refractivity contribution in [1.29, 1.82) is 0 Å². The van der Waals surface area contributed by atoms with Gasteiger partial charge in [0.15, 0.2) is 5.13 Å². The van der Waals surface area contributed by atoms with Crippen LogP contribution >= 0.6 is 27.3 Å². The molecule has 1 N–H and O–H groups in total. The van der Waals surface area contributed by atoms with Gasteiger partial charge in [0.05, 0.1) is 5.69 Å². The highest BCUT2D eigenvalue weighted by atomic mass is 79.9. The number of amides is 1. The Balaban J connectivity index is 1.59. The smallest absolute Gasteiger partial charge is 0.250 e. The maximum atomic E-state index is 12.0. The Morgan fingerprint density at radius 2 is 2.18 bits per heavy atom. The molecule has 116 valence electrons. The Morgan fingerprint density at radius 3 is 3.00 bits per heavy atom. The van der Waals surface area contributed by atoms with Crippen LogP contribution in [0, 0.1) is 0 Å². The van der Waals surface area contributed by atoms with Gasteiger partial charge in [-0.25, -0.2) is 4.98 Å². The van der Waals surface area contributed by atoms with Crippen LogP contribution in [0.4, 0.5) is 5.13 Å². The first-order valence-electron chi connectivity index (χ1n) is 7.26. The Labute approximate surface area is 140 Å². The van der Waals surface area contributed by atoms with Crippen LogP contribution < -0.4 is 10.9 Å². The van der Waals surface area contributed by atoms with Crippen LogP contribution in [0.3, 0.4) is 0 Å². The molecule has 0 unspecified atom stereocenters. The molecular weight excluding hydrogens is 366 g/mol. The molecule has 0 aliphatic heterocycles. The molecule has 0 spiro atoms. The summed E-state index contributed by atoms with van der Waals surface area (Å²) in [7, 11) is 0. The van der Waals surface area contributed by atoms with Gasteiger partial charge in [-0.2, -0.15) is 0 Å². The molecule has 1 aliphatic rings. The minimum atomic E-state index is -0.113. The summed E-state index contributed by atoms with van der Waals surface area (Å²) < 4.78 is 2.34. The largest absolute Gasteiger partial charge is 0.314 e. The van der Waals surface area contributed by atoms with Crippen molar-refractivity contribution in [3.8, 4) is 0 Å². The summed E-state index contributed by atoms with van der Waals surface area (Å²) in [5.41, 5.74) is 1.02. The predicted octanol–water partition coefficient (Wildman–Crippen LogP) is 2.97. The first-order valence-corrected chi connectivity index (χ1v) is 8.87. The number of pyridine rings is 1. The zero-order chi connectivity index (χ0) is 15.5. The highest BCUT2D eigenvalue weighted by molar-refractivity contribution is 9.10. The first kappa shape index (κ1) is 15.4. The number of rotatable bonds is 4. The van der Waals surface area contributed by atoms with E-state index >= 15 is 0 Å². The molecule has 1 amide bonds. The molecule has 22 heavy (non-hydrogen) atoms. The second kappa shape index (κ2) is 6.75. The van der Waals surface area contributed by atoms with Gasteiger partial charge in [-0.05, 0) is 47.7 Å². The summed E-state index contributed by atoms with van der Waals surface area (Å²) in [6.45, 7) is 0.356. The van der Waals surface area contributed by atoms with E-state index in [1.54, 1.807) is 23.6 Å². The van der Waals surface area contributed by atoms with Crippen molar-refractivity contribution in [2.75, 3.05) is 5.32 Å². The van der Waals surface area contributed by atoms with E-state index in [1.165, 1.54) is 28.4 Å². The van der Waals surface area contributed by atoms with E-state index in [0.29, 0.717) is 11.7 Å². The van der Waals surface area contributed by atoms with E-state index in [1.807, 2.05) is 0 Å². The van der Waals surface area contributed by atoms with E-state index in [-0.39, 0.29) is 17.9 Å². The molecule has 0 aromatic carbocycles. The molecule has 2 aromatic rings. The fraction of sp³-hybridized carbons (Fsp3) is 0.400. The highest BCUT2D eigenvalue weighted by Gasteiger charge is 2.16. The lowest BCUT2D eigenvalue weighted by atomic mass is 10.0. The van der Waals surface area contributed by atoms with Crippen molar-refractivity contribution in [3.63, 3.8) is 0 Å². The summed E-state index contributed by atoms with van der Waals surface area (Å²) in [4.78, 5) is 29.5. The SMILES string of the molecule is O=C(CCn1cc(Br)ccc1=O)Nc1nc2c(s1)CCCC2. The molecule has 5 nitrogen and oxygen atoms in total. The number of carbonyl (C=O) groups excluding carboxylic acids is 1. The molecule has 2 aromatic heterocycles. The lowest BCUT2D eigenvalue weighted by molar-refractivity contribution is -0.116. The average molecular weight is 382 g/mol. The number of thiazole rings is 1. The number of anilines is 1. The lowest BCUT2D eigenvalue weighted by Crippen LogP contribution is -2.22. The summed E-state index contributed by atoms with van der Waals surface area (Å²) in [6, 6.07) is 3.18. The quantitative estimate of drug-likeness (QED) is 0.884. The third kappa shape index (κ3) is 3.64. The maximum absolute atomic E-state index is 12.0. The first-order chi connectivity index (χ1) is 10.6. The minimum absolute atomic E-state index is 0.110. The number of nitrogens with one attached hydrogen (secondary N) is 1. The van der Waals surface area contributed by atoms with Crippen molar-refractivity contribution in [3.05, 3.63) is 43.7 Å². The van der Waals surface area contributed by atoms with Crippen molar-refractivity contribution < 1.29 is 4.79 Å². The molecule has 0 saturated carbocycles. The molecule has 3 rings (SSSR count). The van der Waals surface area contributed by atoms with E-state index in [4.69, 9.17) is 0 Å². The topological polar surface area (TPSA) is 64.0 Å². The standard InChI is InChI=1S/C15H16BrN3O2S/c16-10-5-6-14(21)19(9-10)8-7-13(20)18-15-17-11-3-1-2-4-12(11)22-15/h5-6,9H,1-4,7-8H2,(H,17,18,20). The number of halogens is 1. The van der Waals surface area contributed by atoms with Gasteiger partial charge in [0.25, 0.3) is 5.56 Å². The van der Waals surface area contributed by atoms with Gasteiger partial charge in [-0.1, -0.05) is 0 Å². The molecule has 1 aliphatic carbocycles. The Hall–Kier alpha value is -1.47. The molecule has 2 heterocycles. The van der Waals surface area contributed by atoms with Crippen molar-refractivity contribution in [2.45, 2.75) is 38.6 Å². The fourth-order valence-corrected chi connectivity index (χ4v) is 3.93. The van der Waals surface area contributed by atoms with Gasteiger partial charge in [-0.3, -0.25) is 9.59 Å². The van der Waals surface area contributed by atoms with Crippen LogP contribution in [-0.4, -0.2) is 15.5 Å². The van der Waals surface area contributed by atoms with E-state index < -0.39 is 0 Å². The number of fused-ring (bicyclic) bond motifs is 1. The van der Waals surface area contributed by atoms with Crippen LogP contribution in [0.15, 0.2) is 27.6 Å². The van der Waals surface area contributed by atoms with E-state index in [0.717, 1.165) is 23.0 Å². The van der Waals surface area contributed by atoms with Crippen molar-refractivity contribution in [1.82, 2.24) is 9.55 Å². The van der Waals surface area contributed by atoms with Gasteiger partial charge < -0.3 is 9.88 Å². The Morgan fingerprint density at radius 1 is 1.36 bits per heavy atom. The molecular formula is C15H16BrN3O2S. The summed E-state index contributed by atoms with van der Waals surface area (Å²) >= 11 is 4.89. The third-order valence-electron chi connectivity index (χ3n) is 3.62. The normalized spacial score (nSPS) is 13.7. The molecule has 0 radical (unpaired) electrons. The number of nitrogens with zero attached hydrogens (tertiary/aromatic N) is 2. The van der Waals surface area contributed by atoms with Gasteiger partial charge in [0, 0.05) is 34.6 Å². The number of hydrogen-bond donors (Lipinski definition) is 1. The van der Waals surface area contributed by atoms with E-state index in [9.17, 15) is 9.59 Å². The Bertz CT molecular complexity index is 730.